The maximum Gasteiger partial charge on any atom is 0.417 e. The molecule has 2 aliphatic rings. The molecule has 5 heteroatoms. The molecule has 1 saturated heterocycles. The molecular weight excluding hydrogens is 318 g/mol. The zero-order valence-electron chi connectivity index (χ0n) is 13.4. The second-order valence-corrected chi connectivity index (χ2v) is 6.03. The normalized spacial score (nSPS) is 24.9. The summed E-state index contributed by atoms with van der Waals surface area (Å²) in [6, 6.07) is 18.6. The van der Waals surface area contributed by atoms with Crippen LogP contribution in [0.2, 0.25) is 0 Å². The molecule has 25 heavy (non-hydrogen) atoms. The second-order valence-electron chi connectivity index (χ2n) is 6.03. The van der Waals surface area contributed by atoms with E-state index in [2.05, 4.69) is 0 Å². The number of nitrogens with zero attached hydrogens (tertiary/aromatic N) is 1. The minimum Gasteiger partial charge on any atom is -0.492 e. The van der Waals surface area contributed by atoms with Crippen molar-refractivity contribution in [1.82, 2.24) is 4.90 Å². The molecule has 1 fully saturated rings. The van der Waals surface area contributed by atoms with Crippen molar-refractivity contribution in [2.45, 2.75) is 12.1 Å². The molecule has 2 aromatic carbocycles. The molecule has 5 nitrogen and oxygen atoms in total. The van der Waals surface area contributed by atoms with E-state index in [1.54, 1.807) is 6.08 Å². The Hall–Kier alpha value is -3.08. The Morgan fingerprint density at radius 2 is 1.60 bits per heavy atom. The smallest absolute Gasteiger partial charge is 0.417 e. The minimum absolute atomic E-state index is 0.169. The topological polar surface area (TPSA) is 55.8 Å². The van der Waals surface area contributed by atoms with Crippen molar-refractivity contribution in [3.8, 4) is 0 Å². The molecule has 0 unspecified atom stereocenters. The Bertz CT molecular complexity index is 803. The Labute approximate surface area is 145 Å². The van der Waals surface area contributed by atoms with Crippen molar-refractivity contribution in [3.63, 3.8) is 0 Å². The predicted octanol–water partition coefficient (Wildman–Crippen LogP) is 3.61. The van der Waals surface area contributed by atoms with Crippen molar-refractivity contribution in [1.29, 1.82) is 0 Å². The highest BCUT2D eigenvalue weighted by molar-refractivity contribution is 5.96. The Balaban J connectivity index is 1.62. The van der Waals surface area contributed by atoms with Gasteiger partial charge < -0.3 is 9.47 Å². The van der Waals surface area contributed by atoms with E-state index in [0.717, 1.165) is 11.1 Å². The van der Waals surface area contributed by atoms with E-state index in [-0.39, 0.29) is 12.5 Å². The lowest BCUT2D eigenvalue weighted by Crippen LogP contribution is -2.39. The van der Waals surface area contributed by atoms with Gasteiger partial charge in [-0.3, -0.25) is 4.79 Å². The van der Waals surface area contributed by atoms with Crippen LogP contribution in [0.4, 0.5) is 4.79 Å². The lowest BCUT2D eigenvalue weighted by Gasteiger charge is -2.25. The molecule has 4 rings (SSSR count). The lowest BCUT2D eigenvalue weighted by atomic mass is 9.94. The quantitative estimate of drug-likeness (QED) is 0.860. The van der Waals surface area contributed by atoms with E-state index in [9.17, 15) is 9.59 Å². The molecule has 2 aliphatic heterocycles. The van der Waals surface area contributed by atoms with Gasteiger partial charge in [0.1, 0.15) is 24.7 Å². The van der Waals surface area contributed by atoms with Gasteiger partial charge in [0, 0.05) is 0 Å². The van der Waals surface area contributed by atoms with Crippen LogP contribution in [0.3, 0.4) is 0 Å². The summed E-state index contributed by atoms with van der Waals surface area (Å²) in [6.45, 7) is 0.169. The van der Waals surface area contributed by atoms with Gasteiger partial charge in [0.25, 0.3) is 0 Å². The summed E-state index contributed by atoms with van der Waals surface area (Å²) in [7, 11) is 0. The first kappa shape index (κ1) is 15.4. The largest absolute Gasteiger partial charge is 0.492 e. The van der Waals surface area contributed by atoms with E-state index < -0.39 is 24.2 Å². The summed E-state index contributed by atoms with van der Waals surface area (Å²) in [5.74, 6) is -0.863. The van der Waals surface area contributed by atoms with E-state index in [1.807, 2.05) is 60.7 Å². The zero-order valence-corrected chi connectivity index (χ0v) is 13.4. The Morgan fingerprint density at radius 3 is 2.28 bits per heavy atom. The lowest BCUT2D eigenvalue weighted by molar-refractivity contribution is -0.134. The zero-order chi connectivity index (χ0) is 17.2. The highest BCUT2D eigenvalue weighted by Gasteiger charge is 2.44. The number of amides is 2. The summed E-state index contributed by atoms with van der Waals surface area (Å²) in [5, 5.41) is 0. The van der Waals surface area contributed by atoms with Crippen LogP contribution in [0.15, 0.2) is 73.0 Å². The number of hydrogen-bond donors (Lipinski definition) is 0. The first-order valence-electron chi connectivity index (χ1n) is 8.17. The fraction of sp³-hybridized carbons (Fsp3) is 0.200. The van der Waals surface area contributed by atoms with Gasteiger partial charge in [-0.05, 0) is 17.2 Å². The standard InChI is InChI=1S/C20H17NO4/c22-19(16-11-12-24-18(16)15-9-5-2-6-10-15)21-17(13-25-20(21)23)14-7-3-1-4-8-14/h1-12,16-18H,13H2/t16-,17+,18-/m0/s1. The van der Waals surface area contributed by atoms with E-state index in [0.29, 0.717) is 0 Å². The van der Waals surface area contributed by atoms with Crippen LogP contribution in [0, 0.1) is 5.92 Å². The number of ether oxygens (including phenoxy) is 2. The fourth-order valence-electron chi connectivity index (χ4n) is 3.29. The van der Waals surface area contributed by atoms with E-state index in [1.165, 1.54) is 11.2 Å². The molecule has 3 atom stereocenters. The van der Waals surface area contributed by atoms with Crippen molar-refractivity contribution in [2.24, 2.45) is 5.92 Å². The monoisotopic (exact) mass is 335 g/mol. The van der Waals surface area contributed by atoms with Gasteiger partial charge >= 0.3 is 6.09 Å². The van der Waals surface area contributed by atoms with Crippen molar-refractivity contribution in [3.05, 3.63) is 84.1 Å². The summed E-state index contributed by atoms with van der Waals surface area (Å²) < 4.78 is 10.8. The average molecular weight is 335 g/mol. The van der Waals surface area contributed by atoms with Crippen molar-refractivity contribution >= 4 is 12.0 Å². The van der Waals surface area contributed by atoms with Crippen LogP contribution in [0.25, 0.3) is 0 Å². The number of imide groups is 1. The third-order valence-electron chi connectivity index (χ3n) is 4.55. The highest BCUT2D eigenvalue weighted by Crippen LogP contribution is 2.37. The number of rotatable bonds is 3. The van der Waals surface area contributed by atoms with Gasteiger partial charge in [-0.25, -0.2) is 9.69 Å². The van der Waals surface area contributed by atoms with Crippen LogP contribution in [0.1, 0.15) is 23.3 Å². The molecule has 0 radical (unpaired) electrons. The van der Waals surface area contributed by atoms with Crippen LogP contribution < -0.4 is 0 Å². The maximum atomic E-state index is 13.1. The van der Waals surface area contributed by atoms with Gasteiger partial charge in [-0.1, -0.05) is 60.7 Å². The second kappa shape index (κ2) is 6.43. The highest BCUT2D eigenvalue weighted by atomic mass is 16.6. The van der Waals surface area contributed by atoms with Gasteiger partial charge in [0.15, 0.2) is 0 Å². The average Bonchev–Trinajstić information content (AvgIpc) is 3.29. The molecule has 126 valence electrons. The summed E-state index contributed by atoms with van der Waals surface area (Å²) in [6.07, 6.45) is 2.19. The number of carbonyl (C=O) groups is 2. The van der Waals surface area contributed by atoms with Crippen molar-refractivity contribution < 1.29 is 19.1 Å². The molecule has 0 spiro atoms. The van der Waals surface area contributed by atoms with E-state index in [4.69, 9.17) is 9.47 Å². The molecule has 2 heterocycles. The molecule has 0 aliphatic carbocycles. The number of benzene rings is 2. The van der Waals surface area contributed by atoms with Crippen LogP contribution in [0.5, 0.6) is 0 Å². The minimum atomic E-state index is -0.606. The molecular formula is C20H17NO4. The summed E-state index contributed by atoms with van der Waals surface area (Å²) >= 11 is 0. The molecule has 0 bridgehead atoms. The molecule has 2 aromatic rings. The first-order chi connectivity index (χ1) is 12.3. The van der Waals surface area contributed by atoms with Gasteiger partial charge in [-0.15, -0.1) is 0 Å². The van der Waals surface area contributed by atoms with E-state index >= 15 is 0 Å². The number of cyclic esters (lactones) is 1. The summed E-state index contributed by atoms with van der Waals surface area (Å²) in [5.41, 5.74) is 1.77. The number of hydrogen-bond acceptors (Lipinski definition) is 4. The Kier molecular flexibility index (Phi) is 3.98. The van der Waals surface area contributed by atoms with Gasteiger partial charge in [0.05, 0.1) is 6.26 Å². The SMILES string of the molecule is O=C1OC[C@H](c2ccccc2)N1C(=O)[C@H]1C=CO[C@H]1c1ccccc1. The summed E-state index contributed by atoms with van der Waals surface area (Å²) in [4.78, 5) is 26.6. The maximum absolute atomic E-state index is 13.1. The van der Waals surface area contributed by atoms with Crippen molar-refractivity contribution in [2.75, 3.05) is 6.61 Å². The fourth-order valence-corrected chi connectivity index (χ4v) is 3.29. The molecule has 0 N–H and O–H groups in total. The third-order valence-corrected chi connectivity index (χ3v) is 4.55. The van der Waals surface area contributed by atoms with Crippen LogP contribution in [-0.4, -0.2) is 23.5 Å². The van der Waals surface area contributed by atoms with Crippen LogP contribution >= 0.6 is 0 Å². The van der Waals surface area contributed by atoms with Crippen LogP contribution in [-0.2, 0) is 14.3 Å². The Morgan fingerprint density at radius 1 is 0.960 bits per heavy atom. The third kappa shape index (κ3) is 2.78. The van der Waals surface area contributed by atoms with Gasteiger partial charge in [0.2, 0.25) is 5.91 Å². The molecule has 2 amide bonds. The first-order valence-corrected chi connectivity index (χ1v) is 8.17. The number of carbonyl (C=O) groups excluding carboxylic acids is 2. The molecule has 0 saturated carbocycles. The van der Waals surface area contributed by atoms with Gasteiger partial charge in [-0.2, -0.15) is 0 Å². The molecule has 0 aromatic heterocycles. The predicted molar refractivity (Wildman–Crippen MR) is 90.3 cm³/mol.